The van der Waals surface area contributed by atoms with Crippen LogP contribution >= 0.6 is 15.9 Å². The number of hydrogen-bond donors (Lipinski definition) is 2. The third kappa shape index (κ3) is 4.18. The number of carbonyl (C=O) groups excluding carboxylic acids is 1. The van der Waals surface area contributed by atoms with Gasteiger partial charge in [-0.15, -0.1) is 0 Å². The number of amides is 1. The highest BCUT2D eigenvalue weighted by molar-refractivity contribution is 9.10. The number of nitrogens with one attached hydrogen (secondary N) is 1. The molecule has 0 bridgehead atoms. The number of nitrogens with two attached hydrogens (primary N) is 1. The van der Waals surface area contributed by atoms with E-state index in [2.05, 4.69) is 21.2 Å². The van der Waals surface area contributed by atoms with Gasteiger partial charge in [-0.05, 0) is 31.0 Å². The van der Waals surface area contributed by atoms with Gasteiger partial charge in [0.15, 0.2) is 0 Å². The maximum Gasteiger partial charge on any atom is 0.416 e. The molecule has 2 rings (SSSR count). The molecule has 1 amide bonds. The average Bonchev–Trinajstić information content (AvgIpc) is 2.85. The fourth-order valence-electron chi connectivity index (χ4n) is 2.12. The number of halogens is 4. The molecule has 1 heterocycles. The normalized spacial score (nSPS) is 22.3. The Morgan fingerprint density at radius 1 is 1.38 bits per heavy atom. The lowest BCUT2D eigenvalue weighted by molar-refractivity contribution is -0.137. The Kier molecular flexibility index (Phi) is 4.90. The maximum atomic E-state index is 12.7. The van der Waals surface area contributed by atoms with Crippen LogP contribution in [0.1, 0.15) is 18.4 Å². The van der Waals surface area contributed by atoms with Gasteiger partial charge in [0.2, 0.25) is 0 Å². The molecular formula is C13H14BrF3N2O2. The first-order chi connectivity index (χ1) is 9.79. The van der Waals surface area contributed by atoms with Crippen LogP contribution < -0.4 is 11.1 Å². The Labute approximate surface area is 128 Å². The molecule has 0 radical (unpaired) electrons. The van der Waals surface area contributed by atoms with E-state index in [0.717, 1.165) is 12.1 Å². The molecule has 3 N–H and O–H groups in total. The summed E-state index contributed by atoms with van der Waals surface area (Å²) < 4.78 is 43.8. The van der Waals surface area contributed by atoms with Gasteiger partial charge >= 0.3 is 6.18 Å². The van der Waals surface area contributed by atoms with Crippen molar-refractivity contribution in [3.63, 3.8) is 0 Å². The van der Waals surface area contributed by atoms with E-state index in [1.54, 1.807) is 0 Å². The zero-order valence-electron chi connectivity index (χ0n) is 10.9. The van der Waals surface area contributed by atoms with Crippen molar-refractivity contribution in [3.8, 4) is 0 Å². The Bertz CT molecular complexity index is 537. The molecule has 116 valence electrons. The van der Waals surface area contributed by atoms with Gasteiger partial charge in [-0.2, -0.15) is 13.2 Å². The molecule has 0 spiro atoms. The van der Waals surface area contributed by atoms with Gasteiger partial charge in [-0.25, -0.2) is 0 Å². The van der Waals surface area contributed by atoms with E-state index < -0.39 is 23.8 Å². The van der Waals surface area contributed by atoms with Gasteiger partial charge in [0.25, 0.3) is 5.91 Å². The molecule has 8 heteroatoms. The van der Waals surface area contributed by atoms with Crippen molar-refractivity contribution in [1.29, 1.82) is 0 Å². The lowest BCUT2D eigenvalue weighted by Gasteiger charge is -2.14. The van der Waals surface area contributed by atoms with Crippen LogP contribution in [0.4, 0.5) is 18.9 Å². The Morgan fingerprint density at radius 2 is 2.10 bits per heavy atom. The summed E-state index contributed by atoms with van der Waals surface area (Å²) in [5, 5.41) is 2.45. The third-order valence-electron chi connectivity index (χ3n) is 3.16. The van der Waals surface area contributed by atoms with Crippen molar-refractivity contribution in [2.75, 3.05) is 11.9 Å². The fourth-order valence-corrected chi connectivity index (χ4v) is 2.61. The summed E-state index contributed by atoms with van der Waals surface area (Å²) in [4.78, 5) is 12.0. The van der Waals surface area contributed by atoms with Crippen LogP contribution in [0.5, 0.6) is 0 Å². The van der Waals surface area contributed by atoms with Crippen molar-refractivity contribution in [2.45, 2.75) is 31.2 Å². The van der Waals surface area contributed by atoms with E-state index in [1.165, 1.54) is 6.07 Å². The Balaban J connectivity index is 2.09. The standard InChI is InChI=1S/C13H14BrF3N2O2/c14-8-3-7(13(15,16)17)4-9(5-8)19-12(20)11-2-1-10(6-18)21-11/h3-5,10-11H,1-2,6,18H2,(H,19,20). The first-order valence-electron chi connectivity index (χ1n) is 6.34. The lowest BCUT2D eigenvalue weighted by atomic mass is 10.1. The number of ether oxygens (including phenoxy) is 1. The highest BCUT2D eigenvalue weighted by Crippen LogP contribution is 2.33. The molecule has 1 aliphatic heterocycles. The van der Waals surface area contributed by atoms with E-state index in [4.69, 9.17) is 10.5 Å². The second-order valence-electron chi connectivity index (χ2n) is 4.78. The number of hydrogen-bond acceptors (Lipinski definition) is 3. The van der Waals surface area contributed by atoms with Crippen LogP contribution in [-0.4, -0.2) is 24.7 Å². The van der Waals surface area contributed by atoms with Crippen LogP contribution in [0.25, 0.3) is 0 Å². The van der Waals surface area contributed by atoms with Crippen LogP contribution in [0.15, 0.2) is 22.7 Å². The number of rotatable bonds is 3. The van der Waals surface area contributed by atoms with Gasteiger partial charge in [-0.3, -0.25) is 4.79 Å². The Morgan fingerprint density at radius 3 is 2.67 bits per heavy atom. The van der Waals surface area contributed by atoms with E-state index >= 15 is 0 Å². The molecule has 2 atom stereocenters. The van der Waals surface area contributed by atoms with Crippen LogP contribution in [0, 0.1) is 0 Å². The summed E-state index contributed by atoms with van der Waals surface area (Å²) in [6.45, 7) is 0.318. The number of anilines is 1. The highest BCUT2D eigenvalue weighted by Gasteiger charge is 2.32. The predicted molar refractivity (Wildman–Crippen MR) is 74.7 cm³/mol. The summed E-state index contributed by atoms with van der Waals surface area (Å²) in [6.07, 6.45) is -4.15. The van der Waals surface area contributed by atoms with Crippen LogP contribution in [-0.2, 0) is 15.7 Å². The molecule has 1 fully saturated rings. The molecule has 2 unspecified atom stereocenters. The summed E-state index contributed by atoms with van der Waals surface area (Å²) in [5.41, 5.74) is 4.69. The molecule has 0 saturated carbocycles. The number of carbonyl (C=O) groups is 1. The van der Waals surface area contributed by atoms with Gasteiger partial charge in [-0.1, -0.05) is 15.9 Å². The van der Waals surface area contributed by atoms with Gasteiger partial charge < -0.3 is 15.8 Å². The van der Waals surface area contributed by atoms with Gasteiger partial charge in [0, 0.05) is 16.7 Å². The average molecular weight is 367 g/mol. The van der Waals surface area contributed by atoms with E-state index in [-0.39, 0.29) is 16.3 Å². The monoisotopic (exact) mass is 366 g/mol. The van der Waals surface area contributed by atoms with Crippen LogP contribution in [0.2, 0.25) is 0 Å². The van der Waals surface area contributed by atoms with Crippen molar-refractivity contribution in [1.82, 2.24) is 0 Å². The number of alkyl halides is 3. The third-order valence-corrected chi connectivity index (χ3v) is 3.61. The van der Waals surface area contributed by atoms with Crippen molar-refractivity contribution >= 4 is 27.5 Å². The molecule has 1 aromatic rings. The molecular weight excluding hydrogens is 353 g/mol. The molecule has 1 aromatic carbocycles. The maximum absolute atomic E-state index is 12.7. The SMILES string of the molecule is NCC1CCC(C(=O)Nc2cc(Br)cc(C(F)(F)F)c2)O1. The smallest absolute Gasteiger partial charge is 0.364 e. The van der Waals surface area contributed by atoms with Crippen molar-refractivity contribution < 1.29 is 22.7 Å². The van der Waals surface area contributed by atoms with Crippen molar-refractivity contribution in [2.24, 2.45) is 5.73 Å². The summed E-state index contributed by atoms with van der Waals surface area (Å²) in [5.74, 6) is -0.461. The summed E-state index contributed by atoms with van der Waals surface area (Å²) in [7, 11) is 0. The van der Waals surface area contributed by atoms with Crippen LogP contribution in [0.3, 0.4) is 0 Å². The number of benzene rings is 1. The zero-order valence-corrected chi connectivity index (χ0v) is 12.5. The molecule has 0 aliphatic carbocycles. The minimum atomic E-state index is -4.47. The van der Waals surface area contributed by atoms with E-state index in [0.29, 0.717) is 19.4 Å². The quantitative estimate of drug-likeness (QED) is 0.864. The molecule has 1 saturated heterocycles. The second kappa shape index (κ2) is 6.33. The topological polar surface area (TPSA) is 64.4 Å². The minimum absolute atomic E-state index is 0.0708. The predicted octanol–water partition coefficient (Wildman–Crippen LogP) is 2.91. The lowest BCUT2D eigenvalue weighted by Crippen LogP contribution is -2.29. The zero-order chi connectivity index (χ0) is 15.6. The van der Waals surface area contributed by atoms with Gasteiger partial charge in [0.1, 0.15) is 6.10 Å². The minimum Gasteiger partial charge on any atom is -0.364 e. The summed E-state index contributed by atoms with van der Waals surface area (Å²) >= 11 is 3.00. The fraction of sp³-hybridized carbons (Fsp3) is 0.462. The Hall–Kier alpha value is -1.12. The molecule has 1 aliphatic rings. The molecule has 21 heavy (non-hydrogen) atoms. The molecule has 0 aromatic heterocycles. The largest absolute Gasteiger partial charge is 0.416 e. The first kappa shape index (κ1) is 16.3. The van der Waals surface area contributed by atoms with Crippen molar-refractivity contribution in [3.05, 3.63) is 28.2 Å². The molecule has 4 nitrogen and oxygen atoms in total. The van der Waals surface area contributed by atoms with E-state index in [1.807, 2.05) is 0 Å². The first-order valence-corrected chi connectivity index (χ1v) is 7.13. The van der Waals surface area contributed by atoms with E-state index in [9.17, 15) is 18.0 Å². The summed E-state index contributed by atoms with van der Waals surface area (Å²) in [6, 6.07) is 3.24. The highest BCUT2D eigenvalue weighted by atomic mass is 79.9. The second-order valence-corrected chi connectivity index (χ2v) is 5.69. The van der Waals surface area contributed by atoms with Gasteiger partial charge in [0.05, 0.1) is 11.7 Å².